The molecule has 5 heteroatoms. The van der Waals surface area contributed by atoms with E-state index in [4.69, 9.17) is 0 Å². The molecule has 1 aliphatic rings. The second kappa shape index (κ2) is 5.71. The Morgan fingerprint density at radius 2 is 2.20 bits per heavy atom. The molecule has 1 aromatic heterocycles. The van der Waals surface area contributed by atoms with Crippen molar-refractivity contribution in [3.05, 3.63) is 54.1 Å². The summed E-state index contributed by atoms with van der Waals surface area (Å²) < 4.78 is 29.2. The summed E-state index contributed by atoms with van der Waals surface area (Å²) in [5, 5.41) is 3.35. The molecule has 1 fully saturated rings. The minimum atomic E-state index is -0.386. The zero-order valence-electron chi connectivity index (χ0n) is 11.1. The molecule has 1 aliphatic carbocycles. The fourth-order valence-electron chi connectivity index (χ4n) is 2.48. The van der Waals surface area contributed by atoms with Gasteiger partial charge in [0.2, 0.25) is 0 Å². The van der Waals surface area contributed by atoms with Crippen molar-refractivity contribution in [2.24, 2.45) is 5.92 Å². The van der Waals surface area contributed by atoms with Crippen LogP contribution in [0.25, 0.3) is 0 Å². The summed E-state index contributed by atoms with van der Waals surface area (Å²) >= 11 is 0. The van der Waals surface area contributed by atoms with Gasteiger partial charge in [-0.25, -0.2) is 13.8 Å². The number of hydrogen-bond acceptors (Lipinski definition) is 2. The monoisotopic (exact) mass is 277 g/mol. The number of nitrogens with one attached hydrogen (secondary N) is 1. The highest BCUT2D eigenvalue weighted by Gasteiger charge is 2.33. The third kappa shape index (κ3) is 3.04. The lowest BCUT2D eigenvalue weighted by molar-refractivity contribution is 0.439. The molecular weight excluding hydrogens is 260 g/mol. The summed E-state index contributed by atoms with van der Waals surface area (Å²) in [6.07, 6.45) is 7.50. The quantitative estimate of drug-likeness (QED) is 0.880. The minimum absolute atomic E-state index is 0.103. The number of halogens is 2. The summed E-state index contributed by atoms with van der Waals surface area (Å²) in [6, 6.07) is 3.57. The minimum Gasteiger partial charge on any atom is -0.336 e. The lowest BCUT2D eigenvalue weighted by Gasteiger charge is -2.19. The highest BCUT2D eigenvalue weighted by molar-refractivity contribution is 5.24. The van der Waals surface area contributed by atoms with Gasteiger partial charge >= 0.3 is 0 Å². The number of imidazole rings is 1. The standard InChI is InChI=1S/C15H17F2N3/c16-12-3-4-14(17)13(9-12)15(11-1-2-11)19-6-8-20-7-5-18-10-20/h3-5,7,9-11,15,19H,1-2,6,8H2/t15-/m0/s1. The van der Waals surface area contributed by atoms with Gasteiger partial charge in [0.1, 0.15) is 11.6 Å². The van der Waals surface area contributed by atoms with E-state index in [2.05, 4.69) is 10.3 Å². The van der Waals surface area contributed by atoms with E-state index >= 15 is 0 Å². The van der Waals surface area contributed by atoms with Gasteiger partial charge < -0.3 is 9.88 Å². The van der Waals surface area contributed by atoms with Gasteiger partial charge in [0.05, 0.1) is 6.33 Å². The first-order valence-corrected chi connectivity index (χ1v) is 6.88. The van der Waals surface area contributed by atoms with Crippen molar-refractivity contribution in [3.8, 4) is 0 Å². The molecule has 0 saturated heterocycles. The maximum absolute atomic E-state index is 13.9. The number of nitrogens with zero attached hydrogens (tertiary/aromatic N) is 2. The van der Waals surface area contributed by atoms with Crippen LogP contribution in [-0.2, 0) is 6.54 Å². The van der Waals surface area contributed by atoms with E-state index in [9.17, 15) is 8.78 Å². The molecule has 20 heavy (non-hydrogen) atoms. The van der Waals surface area contributed by atoms with Gasteiger partial charge in [-0.1, -0.05) is 0 Å². The molecule has 1 heterocycles. The molecule has 1 N–H and O–H groups in total. The summed E-state index contributed by atoms with van der Waals surface area (Å²) in [4.78, 5) is 3.98. The maximum atomic E-state index is 13.9. The molecule has 0 radical (unpaired) electrons. The van der Waals surface area contributed by atoms with Crippen LogP contribution < -0.4 is 5.32 Å². The second-order valence-corrected chi connectivity index (χ2v) is 5.24. The predicted molar refractivity (Wildman–Crippen MR) is 72.1 cm³/mol. The van der Waals surface area contributed by atoms with Crippen molar-refractivity contribution < 1.29 is 8.78 Å². The van der Waals surface area contributed by atoms with Gasteiger partial charge in [0.25, 0.3) is 0 Å². The first kappa shape index (κ1) is 13.2. The number of hydrogen-bond donors (Lipinski definition) is 1. The molecule has 3 rings (SSSR count). The average Bonchev–Trinajstić information content (AvgIpc) is 3.14. The molecule has 1 atom stereocenters. The van der Waals surface area contributed by atoms with Crippen LogP contribution in [-0.4, -0.2) is 16.1 Å². The third-order valence-electron chi connectivity index (χ3n) is 3.68. The fourth-order valence-corrected chi connectivity index (χ4v) is 2.48. The van der Waals surface area contributed by atoms with Gasteiger partial charge in [-0.15, -0.1) is 0 Å². The zero-order valence-corrected chi connectivity index (χ0v) is 11.1. The van der Waals surface area contributed by atoms with Crippen molar-refractivity contribution in [1.82, 2.24) is 14.9 Å². The van der Waals surface area contributed by atoms with Crippen LogP contribution in [0.15, 0.2) is 36.9 Å². The molecule has 1 saturated carbocycles. The van der Waals surface area contributed by atoms with Gasteiger partial charge in [-0.2, -0.15) is 0 Å². The molecule has 106 valence electrons. The summed E-state index contributed by atoms with van der Waals surface area (Å²) in [5.74, 6) is -0.309. The largest absolute Gasteiger partial charge is 0.336 e. The molecule has 0 unspecified atom stereocenters. The number of aromatic nitrogens is 2. The Hall–Kier alpha value is -1.75. The number of rotatable bonds is 6. The van der Waals surface area contributed by atoms with Crippen LogP contribution >= 0.6 is 0 Å². The molecule has 1 aromatic carbocycles. The molecule has 0 aliphatic heterocycles. The number of benzene rings is 1. The Morgan fingerprint density at radius 3 is 2.90 bits per heavy atom. The van der Waals surface area contributed by atoms with Crippen molar-refractivity contribution >= 4 is 0 Å². The summed E-state index contributed by atoms with van der Waals surface area (Å²) in [5.41, 5.74) is 0.443. The van der Waals surface area contributed by atoms with Gasteiger partial charge in [0, 0.05) is 37.1 Å². The summed E-state index contributed by atoms with van der Waals surface area (Å²) in [7, 11) is 0. The maximum Gasteiger partial charge on any atom is 0.128 e. The second-order valence-electron chi connectivity index (χ2n) is 5.24. The lowest BCUT2D eigenvalue weighted by atomic mass is 10.0. The Labute approximate surface area is 116 Å². The van der Waals surface area contributed by atoms with E-state index in [-0.39, 0.29) is 17.7 Å². The van der Waals surface area contributed by atoms with Gasteiger partial charge in [-0.05, 0) is 37.0 Å². The van der Waals surface area contributed by atoms with Crippen molar-refractivity contribution in [1.29, 1.82) is 0 Å². The smallest absolute Gasteiger partial charge is 0.128 e. The van der Waals surface area contributed by atoms with Crippen LogP contribution in [0, 0.1) is 17.6 Å². The highest BCUT2D eigenvalue weighted by Crippen LogP contribution is 2.41. The molecular formula is C15H17F2N3. The van der Waals surface area contributed by atoms with E-state index < -0.39 is 0 Å². The van der Waals surface area contributed by atoms with Gasteiger partial charge in [0.15, 0.2) is 0 Å². The molecule has 0 bridgehead atoms. The van der Waals surface area contributed by atoms with Crippen LogP contribution in [0.4, 0.5) is 8.78 Å². The van der Waals surface area contributed by atoms with Gasteiger partial charge in [-0.3, -0.25) is 0 Å². The first-order valence-electron chi connectivity index (χ1n) is 6.88. The van der Waals surface area contributed by atoms with E-state index in [1.165, 1.54) is 12.1 Å². The van der Waals surface area contributed by atoms with Crippen LogP contribution in [0.3, 0.4) is 0 Å². The van der Waals surface area contributed by atoms with Crippen molar-refractivity contribution in [3.63, 3.8) is 0 Å². The van der Waals surface area contributed by atoms with E-state index in [1.54, 1.807) is 12.5 Å². The van der Waals surface area contributed by atoms with Crippen LogP contribution in [0.5, 0.6) is 0 Å². The molecule has 0 amide bonds. The molecule has 0 spiro atoms. The third-order valence-corrected chi connectivity index (χ3v) is 3.68. The zero-order chi connectivity index (χ0) is 13.9. The fraction of sp³-hybridized carbons (Fsp3) is 0.400. The summed E-state index contributed by atoms with van der Waals surface area (Å²) in [6.45, 7) is 1.47. The Morgan fingerprint density at radius 1 is 1.35 bits per heavy atom. The topological polar surface area (TPSA) is 29.9 Å². The Balaban J connectivity index is 1.67. The molecule has 2 aromatic rings. The first-order chi connectivity index (χ1) is 9.74. The highest BCUT2D eigenvalue weighted by atomic mass is 19.1. The van der Waals surface area contributed by atoms with E-state index in [0.717, 1.165) is 25.5 Å². The normalized spacial score (nSPS) is 16.3. The van der Waals surface area contributed by atoms with E-state index in [1.807, 2.05) is 10.8 Å². The molecule has 3 nitrogen and oxygen atoms in total. The Bertz CT molecular complexity index is 565. The van der Waals surface area contributed by atoms with Crippen LogP contribution in [0.1, 0.15) is 24.4 Å². The lowest BCUT2D eigenvalue weighted by Crippen LogP contribution is -2.27. The van der Waals surface area contributed by atoms with Crippen molar-refractivity contribution in [2.45, 2.75) is 25.4 Å². The van der Waals surface area contributed by atoms with Crippen LogP contribution in [0.2, 0.25) is 0 Å². The SMILES string of the molecule is Fc1ccc(F)c([C@@H](NCCn2ccnc2)C2CC2)c1. The van der Waals surface area contributed by atoms with Crippen molar-refractivity contribution in [2.75, 3.05) is 6.54 Å². The average molecular weight is 277 g/mol. The predicted octanol–water partition coefficient (Wildman–Crippen LogP) is 2.90. The Kier molecular flexibility index (Phi) is 3.78. The van der Waals surface area contributed by atoms with E-state index in [0.29, 0.717) is 18.0 Å².